The van der Waals surface area contributed by atoms with Crippen molar-refractivity contribution in [2.24, 2.45) is 0 Å². The summed E-state index contributed by atoms with van der Waals surface area (Å²) in [7, 11) is 0. The Morgan fingerprint density at radius 2 is 1.89 bits per heavy atom. The summed E-state index contributed by atoms with van der Waals surface area (Å²) in [6.45, 7) is 0.918. The molecule has 3 heteroatoms. The highest BCUT2D eigenvalue weighted by Gasteiger charge is 2.11. The molecule has 3 rings (SSSR count). The van der Waals surface area contributed by atoms with E-state index in [1.807, 2.05) is 18.2 Å². The molecule has 0 saturated carbocycles. The van der Waals surface area contributed by atoms with Crippen LogP contribution in [0.2, 0.25) is 0 Å². The molecule has 1 aromatic rings. The number of nitrogens with one attached hydrogen (secondary N) is 1. The standard InChI is InChI=1S/C15H14N2.BrH/c1-2-6-13(7-3-1)16-14-9-11-17-10-5-4-8-15(17)12-14;/h1-10,12,16H,11H2;1H. The molecule has 0 fully saturated rings. The van der Waals surface area contributed by atoms with Gasteiger partial charge in [-0.3, -0.25) is 0 Å². The largest absolute Gasteiger partial charge is 0.356 e. The Labute approximate surface area is 118 Å². The Kier molecular flexibility index (Phi) is 4.05. The Balaban J connectivity index is 0.00000120. The number of hydrogen-bond donors (Lipinski definition) is 1. The van der Waals surface area contributed by atoms with Gasteiger partial charge in [0.05, 0.1) is 0 Å². The minimum atomic E-state index is 0. The van der Waals surface area contributed by atoms with Crippen LogP contribution in [0.5, 0.6) is 0 Å². The average molecular weight is 303 g/mol. The van der Waals surface area contributed by atoms with Crippen molar-refractivity contribution in [3.05, 3.63) is 78.3 Å². The van der Waals surface area contributed by atoms with Gasteiger partial charge in [0, 0.05) is 29.8 Å². The van der Waals surface area contributed by atoms with Gasteiger partial charge in [-0.25, -0.2) is 0 Å². The number of nitrogens with zero attached hydrogens (tertiary/aromatic N) is 1. The average Bonchev–Trinajstić information content (AvgIpc) is 2.40. The molecule has 0 spiro atoms. The van der Waals surface area contributed by atoms with E-state index in [9.17, 15) is 0 Å². The summed E-state index contributed by atoms with van der Waals surface area (Å²) >= 11 is 0. The Hall–Kier alpha value is -1.74. The minimum Gasteiger partial charge on any atom is -0.356 e. The molecule has 2 heterocycles. The van der Waals surface area contributed by atoms with E-state index in [2.05, 4.69) is 58.9 Å². The maximum atomic E-state index is 3.41. The van der Waals surface area contributed by atoms with E-state index in [0.29, 0.717) is 0 Å². The van der Waals surface area contributed by atoms with E-state index in [1.54, 1.807) is 0 Å². The van der Waals surface area contributed by atoms with Crippen molar-refractivity contribution in [3.63, 3.8) is 0 Å². The van der Waals surface area contributed by atoms with Gasteiger partial charge in [0.15, 0.2) is 0 Å². The predicted molar refractivity (Wildman–Crippen MR) is 81.5 cm³/mol. The summed E-state index contributed by atoms with van der Waals surface area (Å²) < 4.78 is 0. The second-order valence-electron chi connectivity index (χ2n) is 4.07. The quantitative estimate of drug-likeness (QED) is 0.893. The van der Waals surface area contributed by atoms with E-state index in [0.717, 1.165) is 17.9 Å². The lowest BCUT2D eigenvalue weighted by Crippen LogP contribution is -2.21. The van der Waals surface area contributed by atoms with Crippen LogP contribution in [-0.4, -0.2) is 11.4 Å². The molecule has 0 aliphatic carbocycles. The lowest BCUT2D eigenvalue weighted by Gasteiger charge is -2.26. The molecule has 0 unspecified atom stereocenters. The number of hydrogen-bond acceptors (Lipinski definition) is 2. The second kappa shape index (κ2) is 5.74. The van der Waals surface area contributed by atoms with Crippen LogP contribution in [0, 0.1) is 0 Å². The van der Waals surface area contributed by atoms with Crippen molar-refractivity contribution in [1.82, 2.24) is 4.90 Å². The molecule has 92 valence electrons. The Morgan fingerprint density at radius 1 is 1.06 bits per heavy atom. The SMILES string of the molecule is Br.C1=CC2=CC(Nc3ccccc3)=CCN2C=C1. The first-order valence-electron chi connectivity index (χ1n) is 5.77. The number of fused-ring (bicyclic) bond motifs is 1. The molecule has 2 aliphatic heterocycles. The first-order valence-corrected chi connectivity index (χ1v) is 5.77. The number of para-hydroxylation sites is 1. The van der Waals surface area contributed by atoms with Gasteiger partial charge in [0.25, 0.3) is 0 Å². The molecule has 2 aliphatic rings. The molecule has 0 saturated heterocycles. The van der Waals surface area contributed by atoms with E-state index in [-0.39, 0.29) is 17.0 Å². The molecule has 1 N–H and O–H groups in total. The molecule has 0 radical (unpaired) electrons. The molecular formula is C15H15BrN2. The van der Waals surface area contributed by atoms with Crippen LogP contribution in [0.4, 0.5) is 5.69 Å². The highest BCUT2D eigenvalue weighted by molar-refractivity contribution is 8.93. The second-order valence-corrected chi connectivity index (χ2v) is 4.07. The van der Waals surface area contributed by atoms with E-state index < -0.39 is 0 Å². The molecule has 2 nitrogen and oxygen atoms in total. The van der Waals surface area contributed by atoms with Crippen LogP contribution in [0.25, 0.3) is 0 Å². The number of halogens is 1. The molecular weight excluding hydrogens is 288 g/mol. The van der Waals surface area contributed by atoms with Gasteiger partial charge in [0.2, 0.25) is 0 Å². The Morgan fingerprint density at radius 3 is 2.72 bits per heavy atom. The van der Waals surface area contributed by atoms with Crippen molar-refractivity contribution in [3.8, 4) is 0 Å². The lowest BCUT2D eigenvalue weighted by molar-refractivity contribution is 0.521. The fourth-order valence-electron chi connectivity index (χ4n) is 1.98. The van der Waals surface area contributed by atoms with Gasteiger partial charge in [-0.15, -0.1) is 17.0 Å². The summed E-state index contributed by atoms with van der Waals surface area (Å²) in [6, 6.07) is 10.2. The van der Waals surface area contributed by atoms with Crippen molar-refractivity contribution >= 4 is 22.7 Å². The van der Waals surface area contributed by atoms with Crippen LogP contribution < -0.4 is 5.32 Å². The van der Waals surface area contributed by atoms with Crippen LogP contribution in [0.15, 0.2) is 78.3 Å². The van der Waals surface area contributed by atoms with Gasteiger partial charge < -0.3 is 10.2 Å². The highest BCUT2D eigenvalue weighted by atomic mass is 79.9. The first-order chi connectivity index (χ1) is 8.42. The van der Waals surface area contributed by atoms with Gasteiger partial charge >= 0.3 is 0 Å². The summed E-state index contributed by atoms with van der Waals surface area (Å²) in [5, 5.41) is 3.41. The summed E-state index contributed by atoms with van der Waals surface area (Å²) in [5.41, 5.74) is 3.51. The molecule has 1 aromatic carbocycles. The van der Waals surface area contributed by atoms with E-state index in [1.165, 1.54) is 5.70 Å². The highest BCUT2D eigenvalue weighted by Crippen LogP contribution is 2.20. The van der Waals surface area contributed by atoms with Gasteiger partial charge in [0.1, 0.15) is 0 Å². The summed E-state index contributed by atoms with van der Waals surface area (Å²) in [6.07, 6.45) is 12.7. The normalized spacial score (nSPS) is 16.3. The van der Waals surface area contributed by atoms with Crippen molar-refractivity contribution in [2.45, 2.75) is 0 Å². The predicted octanol–water partition coefficient (Wildman–Crippen LogP) is 3.84. The summed E-state index contributed by atoms with van der Waals surface area (Å²) in [4.78, 5) is 2.22. The molecule has 0 atom stereocenters. The lowest BCUT2D eigenvalue weighted by atomic mass is 10.1. The molecule has 0 amide bonds. The topological polar surface area (TPSA) is 15.3 Å². The third-order valence-electron chi connectivity index (χ3n) is 2.85. The zero-order valence-corrected chi connectivity index (χ0v) is 11.6. The van der Waals surface area contributed by atoms with E-state index in [4.69, 9.17) is 0 Å². The number of benzene rings is 1. The van der Waals surface area contributed by atoms with Gasteiger partial charge in [-0.2, -0.15) is 0 Å². The fraction of sp³-hybridized carbons (Fsp3) is 0.0667. The Bertz CT molecular complexity index is 527. The van der Waals surface area contributed by atoms with Crippen molar-refractivity contribution < 1.29 is 0 Å². The number of allylic oxidation sites excluding steroid dienone is 4. The van der Waals surface area contributed by atoms with Crippen LogP contribution in [-0.2, 0) is 0 Å². The maximum Gasteiger partial charge on any atom is 0.0429 e. The first kappa shape index (κ1) is 12.7. The maximum absolute atomic E-state index is 3.41. The van der Waals surface area contributed by atoms with Crippen molar-refractivity contribution in [2.75, 3.05) is 11.9 Å². The zero-order chi connectivity index (χ0) is 11.5. The monoisotopic (exact) mass is 302 g/mol. The zero-order valence-electron chi connectivity index (χ0n) is 9.91. The fourth-order valence-corrected chi connectivity index (χ4v) is 1.98. The number of rotatable bonds is 2. The summed E-state index contributed by atoms with van der Waals surface area (Å²) in [5.74, 6) is 0. The molecule has 18 heavy (non-hydrogen) atoms. The minimum absolute atomic E-state index is 0. The third kappa shape index (κ3) is 2.74. The molecule has 0 aromatic heterocycles. The van der Waals surface area contributed by atoms with Gasteiger partial charge in [-0.05, 0) is 36.4 Å². The van der Waals surface area contributed by atoms with E-state index >= 15 is 0 Å². The van der Waals surface area contributed by atoms with Crippen LogP contribution in [0.1, 0.15) is 0 Å². The third-order valence-corrected chi connectivity index (χ3v) is 2.85. The molecule has 0 bridgehead atoms. The number of anilines is 1. The smallest absolute Gasteiger partial charge is 0.0429 e. The van der Waals surface area contributed by atoms with Gasteiger partial charge in [-0.1, -0.05) is 24.3 Å². The van der Waals surface area contributed by atoms with Crippen LogP contribution in [0.3, 0.4) is 0 Å². The van der Waals surface area contributed by atoms with Crippen molar-refractivity contribution in [1.29, 1.82) is 0 Å². The van der Waals surface area contributed by atoms with Crippen LogP contribution >= 0.6 is 17.0 Å².